The summed E-state index contributed by atoms with van der Waals surface area (Å²) in [5.41, 5.74) is 0. The molecule has 3 aliphatic heterocycles. The molecule has 3 heterocycles. The van der Waals surface area contributed by atoms with Crippen LogP contribution in [-0.4, -0.2) is 59.3 Å². The van der Waals surface area contributed by atoms with E-state index in [2.05, 4.69) is 4.90 Å². The summed E-state index contributed by atoms with van der Waals surface area (Å²) in [6.45, 7) is 4.35. The second-order valence-electron chi connectivity index (χ2n) is 3.88. The maximum Gasteiger partial charge on any atom is 0.505 e. The topological polar surface area (TPSA) is 71.1 Å². The lowest BCUT2D eigenvalue weighted by Crippen LogP contribution is -2.55. The van der Waals surface area contributed by atoms with Crippen molar-refractivity contribution in [2.24, 2.45) is 0 Å². The molecule has 0 radical (unpaired) electrons. The maximum atomic E-state index is 10.6. The van der Waals surface area contributed by atoms with Gasteiger partial charge in [0.25, 0.3) is 0 Å². The van der Waals surface area contributed by atoms with Crippen LogP contribution in [0.4, 0.5) is 0 Å². The van der Waals surface area contributed by atoms with Crippen molar-refractivity contribution in [1.29, 1.82) is 0 Å². The molecule has 6 nitrogen and oxygen atoms in total. The van der Waals surface area contributed by atoms with E-state index in [1.54, 1.807) is 0 Å². The predicted octanol–water partition coefficient (Wildman–Crippen LogP) is -0.593. The van der Waals surface area contributed by atoms with E-state index in [4.69, 9.17) is 13.3 Å². The molecular formula is C8H16NO5PSi. The molecule has 16 heavy (non-hydrogen) atoms. The van der Waals surface area contributed by atoms with Gasteiger partial charge in [-0.2, -0.15) is 0 Å². The van der Waals surface area contributed by atoms with E-state index in [1.165, 1.54) is 0 Å². The van der Waals surface area contributed by atoms with Gasteiger partial charge in [0.2, 0.25) is 0 Å². The molecule has 0 amide bonds. The SMILES string of the molecule is O=[P+]([O-])CC[Si]12OCCN(CCO1)CCO2. The Morgan fingerprint density at radius 1 is 1.12 bits per heavy atom. The lowest BCUT2D eigenvalue weighted by molar-refractivity contribution is -0.164. The van der Waals surface area contributed by atoms with E-state index >= 15 is 0 Å². The van der Waals surface area contributed by atoms with Crippen LogP contribution in [0.15, 0.2) is 0 Å². The van der Waals surface area contributed by atoms with E-state index in [9.17, 15) is 9.46 Å². The van der Waals surface area contributed by atoms with Gasteiger partial charge in [-0.3, -0.25) is 4.90 Å². The Morgan fingerprint density at radius 2 is 1.62 bits per heavy atom. The van der Waals surface area contributed by atoms with E-state index in [0.29, 0.717) is 25.9 Å². The highest BCUT2D eigenvalue weighted by molar-refractivity contribution is 7.36. The Labute approximate surface area is 96.7 Å². The Balaban J connectivity index is 1.99. The monoisotopic (exact) mass is 265 g/mol. The van der Waals surface area contributed by atoms with Crippen LogP contribution in [0.3, 0.4) is 0 Å². The summed E-state index contributed by atoms with van der Waals surface area (Å²) in [6.07, 6.45) is 0.0886. The molecular weight excluding hydrogens is 249 g/mol. The van der Waals surface area contributed by atoms with Crippen molar-refractivity contribution >= 4 is 16.8 Å². The third-order valence-electron chi connectivity index (χ3n) is 2.79. The van der Waals surface area contributed by atoms with Crippen molar-refractivity contribution in [2.45, 2.75) is 6.04 Å². The fourth-order valence-corrected chi connectivity index (χ4v) is 5.61. The van der Waals surface area contributed by atoms with Crippen molar-refractivity contribution in [3.05, 3.63) is 0 Å². The average molecular weight is 265 g/mol. The zero-order valence-corrected chi connectivity index (χ0v) is 11.0. The molecule has 3 aliphatic rings. The summed E-state index contributed by atoms with van der Waals surface area (Å²) < 4.78 is 27.7. The summed E-state index contributed by atoms with van der Waals surface area (Å²) in [5, 5.41) is 0. The summed E-state index contributed by atoms with van der Waals surface area (Å²) in [5.74, 6) is 0. The number of hydrogen-bond acceptors (Lipinski definition) is 6. The molecule has 1 unspecified atom stereocenters. The van der Waals surface area contributed by atoms with Gasteiger partial charge in [-0.1, -0.05) is 4.57 Å². The van der Waals surface area contributed by atoms with Gasteiger partial charge in [-0.25, -0.2) is 0 Å². The fraction of sp³-hybridized carbons (Fsp3) is 1.00. The standard InChI is InChI=1S/C8H16NO5PSi/c10-15(11)7-8-16-12-4-1-9(2-5-13-16)3-6-14-16/h1-8H2. The van der Waals surface area contributed by atoms with Crippen LogP contribution in [0.1, 0.15) is 0 Å². The summed E-state index contributed by atoms with van der Waals surface area (Å²) in [6, 6.07) is 0.381. The molecule has 0 aliphatic carbocycles. The zero-order chi connectivity index (χ0) is 11.4. The lowest BCUT2D eigenvalue weighted by atomic mass is 10.4. The van der Waals surface area contributed by atoms with E-state index in [0.717, 1.165) is 19.6 Å². The molecule has 92 valence electrons. The molecule has 1 atom stereocenters. The Hall–Kier alpha value is 0.117. The Morgan fingerprint density at radius 3 is 2.06 bits per heavy atom. The number of hydrogen-bond donors (Lipinski definition) is 0. The average Bonchev–Trinajstić information content (AvgIpc) is 2.13. The van der Waals surface area contributed by atoms with E-state index < -0.39 is 16.8 Å². The number of rotatable bonds is 3. The number of nitrogens with zero attached hydrogens (tertiary/aromatic N) is 1. The molecule has 3 rings (SSSR count). The third kappa shape index (κ3) is 3.30. The van der Waals surface area contributed by atoms with Crippen molar-refractivity contribution in [3.8, 4) is 0 Å². The molecule has 0 saturated carbocycles. The van der Waals surface area contributed by atoms with E-state index in [-0.39, 0.29) is 6.16 Å². The van der Waals surface area contributed by atoms with Gasteiger partial charge in [0.1, 0.15) is 6.16 Å². The van der Waals surface area contributed by atoms with Gasteiger partial charge in [-0.15, -0.1) is 0 Å². The first-order valence-corrected chi connectivity index (χ1v) is 8.76. The second-order valence-corrected chi connectivity index (χ2v) is 7.72. The van der Waals surface area contributed by atoms with E-state index in [1.807, 2.05) is 0 Å². The second kappa shape index (κ2) is 5.64. The minimum absolute atomic E-state index is 0.0886. The Kier molecular flexibility index (Phi) is 4.43. The van der Waals surface area contributed by atoms with Crippen molar-refractivity contribution in [3.63, 3.8) is 0 Å². The molecule has 3 saturated heterocycles. The van der Waals surface area contributed by atoms with Crippen LogP contribution < -0.4 is 4.89 Å². The first-order valence-electron chi connectivity index (χ1n) is 5.46. The highest BCUT2D eigenvalue weighted by atomic mass is 31.1. The molecule has 2 bridgehead atoms. The van der Waals surface area contributed by atoms with Gasteiger partial charge < -0.3 is 18.2 Å². The van der Waals surface area contributed by atoms with Crippen molar-refractivity contribution in [1.82, 2.24) is 4.90 Å². The smallest absolute Gasteiger partial charge is 0.505 e. The van der Waals surface area contributed by atoms with Crippen LogP contribution in [0, 0.1) is 0 Å². The van der Waals surface area contributed by atoms with Gasteiger partial charge >= 0.3 is 16.8 Å². The third-order valence-corrected chi connectivity index (χ3v) is 6.59. The molecule has 3 fully saturated rings. The first kappa shape index (κ1) is 12.6. The van der Waals surface area contributed by atoms with Crippen LogP contribution in [-0.2, 0) is 17.8 Å². The lowest BCUT2D eigenvalue weighted by Gasteiger charge is -2.37. The summed E-state index contributed by atoms with van der Waals surface area (Å²) >= 11 is 0. The minimum Gasteiger partial charge on any atom is -0.596 e. The molecule has 0 aromatic rings. The summed E-state index contributed by atoms with van der Waals surface area (Å²) in [4.78, 5) is 12.9. The largest absolute Gasteiger partial charge is 0.596 e. The Bertz CT molecular complexity index is 240. The summed E-state index contributed by atoms with van der Waals surface area (Å²) in [7, 11) is -5.09. The molecule has 0 aromatic carbocycles. The van der Waals surface area contributed by atoms with Crippen LogP contribution >= 0.6 is 8.03 Å². The zero-order valence-electron chi connectivity index (χ0n) is 9.09. The normalized spacial score (nSPS) is 36.3. The maximum absolute atomic E-state index is 10.6. The van der Waals surface area contributed by atoms with Gasteiger partial charge in [0.05, 0.1) is 25.9 Å². The molecule has 0 aromatic heterocycles. The fourth-order valence-electron chi connectivity index (χ4n) is 1.90. The number of fused-ring (bicyclic) bond motifs is 6. The predicted molar refractivity (Wildman–Crippen MR) is 57.3 cm³/mol. The highest BCUT2D eigenvalue weighted by Crippen LogP contribution is 2.24. The first-order chi connectivity index (χ1) is 7.70. The van der Waals surface area contributed by atoms with Crippen LogP contribution in [0.25, 0.3) is 0 Å². The van der Waals surface area contributed by atoms with Crippen molar-refractivity contribution < 1.29 is 22.7 Å². The molecule has 0 N–H and O–H groups in total. The minimum atomic E-state index is -2.70. The van der Waals surface area contributed by atoms with Crippen LogP contribution in [0.2, 0.25) is 6.04 Å². The quantitative estimate of drug-likeness (QED) is 0.501. The highest BCUT2D eigenvalue weighted by Gasteiger charge is 2.44. The van der Waals surface area contributed by atoms with Crippen LogP contribution in [0.5, 0.6) is 0 Å². The molecule has 8 heteroatoms. The van der Waals surface area contributed by atoms with Crippen molar-refractivity contribution in [2.75, 3.05) is 45.6 Å². The van der Waals surface area contributed by atoms with Gasteiger partial charge in [-0.05, 0) is 0 Å². The molecule has 0 spiro atoms. The van der Waals surface area contributed by atoms with Gasteiger partial charge in [0, 0.05) is 19.6 Å². The van der Waals surface area contributed by atoms with Gasteiger partial charge in [0.15, 0.2) is 0 Å².